The number of benzene rings is 1. The summed E-state index contributed by atoms with van der Waals surface area (Å²) >= 11 is 0. The van der Waals surface area contributed by atoms with E-state index in [1.807, 2.05) is 0 Å². The quantitative estimate of drug-likeness (QED) is 0.381. The zero-order valence-corrected chi connectivity index (χ0v) is 17.0. The molecule has 2 aromatic heterocycles. The molecule has 0 bridgehead atoms. The second-order valence-electron chi connectivity index (χ2n) is 7.05. The molecule has 1 aliphatic rings. The van der Waals surface area contributed by atoms with Gasteiger partial charge in [-0.15, -0.1) is 4.52 Å². The Balaban J connectivity index is 1.57. The van der Waals surface area contributed by atoms with Gasteiger partial charge in [0.25, 0.3) is 5.56 Å². The summed E-state index contributed by atoms with van der Waals surface area (Å²) in [4.78, 5) is 22.6. The van der Waals surface area contributed by atoms with Crippen LogP contribution in [-0.2, 0) is 9.09 Å². The maximum Gasteiger partial charge on any atom is 0.750 e. The molecule has 4 N–H and O–H groups in total. The van der Waals surface area contributed by atoms with Crippen LogP contribution < -0.4 is 15.8 Å². The number of nitrogens with one attached hydrogen (secondary N) is 1. The first-order valence-corrected chi connectivity index (χ1v) is 10.3. The molecule has 1 saturated carbocycles. The number of para-hydroxylation sites is 1. The second kappa shape index (κ2) is 7.92. The van der Waals surface area contributed by atoms with Gasteiger partial charge >= 0.3 is 8.25 Å². The van der Waals surface area contributed by atoms with Crippen molar-refractivity contribution in [1.82, 2.24) is 19.5 Å². The summed E-state index contributed by atoms with van der Waals surface area (Å²) in [5, 5.41) is 20.6. The third kappa shape index (κ3) is 3.57. The fraction of sp³-hybridized carbons (Fsp3) is 0.263. The lowest BCUT2D eigenvalue weighted by Gasteiger charge is -2.23. The van der Waals surface area contributed by atoms with Crippen molar-refractivity contribution in [2.75, 3.05) is 12.3 Å². The van der Waals surface area contributed by atoms with Crippen molar-refractivity contribution in [1.29, 1.82) is 5.26 Å². The number of hydrogen-bond acceptors (Lipinski definition) is 9. The number of H-pyrrole nitrogens is 1. The van der Waals surface area contributed by atoms with Crippen molar-refractivity contribution >= 4 is 25.4 Å². The van der Waals surface area contributed by atoms with E-state index in [9.17, 15) is 19.7 Å². The molecule has 1 aromatic carbocycles. The number of nitrogens with zero attached hydrogens (tertiary/aromatic N) is 4. The van der Waals surface area contributed by atoms with Gasteiger partial charge in [0.05, 0.1) is 24.5 Å². The fourth-order valence-electron chi connectivity index (χ4n) is 3.63. The minimum atomic E-state index is -2.59. The van der Waals surface area contributed by atoms with Crippen LogP contribution in [0, 0.1) is 16.7 Å². The summed E-state index contributed by atoms with van der Waals surface area (Å²) in [6.07, 6.45) is 0.292. The van der Waals surface area contributed by atoms with E-state index >= 15 is 0 Å². The van der Waals surface area contributed by atoms with Crippen LogP contribution >= 0.6 is 8.25 Å². The average molecular weight is 441 g/mol. The molecule has 0 radical (unpaired) electrons. The normalized spacial score (nSPS) is 23.6. The third-order valence-electron chi connectivity index (χ3n) is 5.30. The summed E-state index contributed by atoms with van der Waals surface area (Å²) in [7, 11) is -2.59. The number of aliphatic hydroxyl groups excluding tert-OH is 1. The predicted molar refractivity (Wildman–Crippen MR) is 110 cm³/mol. The van der Waals surface area contributed by atoms with Gasteiger partial charge in [0, 0.05) is 4.57 Å². The predicted octanol–water partition coefficient (Wildman–Crippen LogP) is 1.83. The molecule has 0 saturated heterocycles. The number of nitrogens with two attached hydrogens (primary N) is 1. The van der Waals surface area contributed by atoms with Crippen molar-refractivity contribution in [2.24, 2.45) is 5.41 Å². The highest BCUT2D eigenvalue weighted by Gasteiger charge is 2.54. The standard InChI is InChI=1S/C19H17N6O5P/c1-11-13(25-10-22-15-16(25)23-18(21)24-17(15)27)7-14(26)19(11,8-20)9-29-31(28)30-12-5-3-2-4-6-12/h2-6,10,13-14,26H,1,7,9H2,(H2-,21,23,24,27)/p+1/t13-,14-,19-/m0/s1. The van der Waals surface area contributed by atoms with Gasteiger partial charge < -0.3 is 15.4 Å². The minimum absolute atomic E-state index is 0.0709. The minimum Gasteiger partial charge on any atom is -0.391 e. The van der Waals surface area contributed by atoms with E-state index in [4.69, 9.17) is 14.8 Å². The Morgan fingerprint density at radius 1 is 1.45 bits per heavy atom. The van der Waals surface area contributed by atoms with Gasteiger partial charge in [0.1, 0.15) is 12.0 Å². The zero-order valence-electron chi connectivity index (χ0n) is 16.1. The summed E-state index contributed by atoms with van der Waals surface area (Å²) in [5.41, 5.74) is 4.18. The Morgan fingerprint density at radius 3 is 2.90 bits per heavy atom. The molecular formula is C19H18N6O5P+. The van der Waals surface area contributed by atoms with E-state index in [0.717, 1.165) is 0 Å². The number of nitriles is 1. The summed E-state index contributed by atoms with van der Waals surface area (Å²) in [5.74, 6) is 0.255. The molecule has 1 aliphatic carbocycles. The number of aromatic nitrogens is 4. The van der Waals surface area contributed by atoms with Crippen LogP contribution in [0.1, 0.15) is 12.5 Å². The molecule has 0 amide bonds. The lowest BCUT2D eigenvalue weighted by Crippen LogP contribution is -2.34. The van der Waals surface area contributed by atoms with Crippen LogP contribution in [0.2, 0.25) is 0 Å². The van der Waals surface area contributed by atoms with Gasteiger partial charge in [-0.2, -0.15) is 10.2 Å². The Bertz CT molecular complexity index is 1270. The Hall–Kier alpha value is -3.58. The molecule has 0 aliphatic heterocycles. The first-order chi connectivity index (χ1) is 14.9. The Morgan fingerprint density at radius 2 is 2.19 bits per heavy atom. The molecule has 11 nitrogen and oxygen atoms in total. The smallest absolute Gasteiger partial charge is 0.391 e. The zero-order chi connectivity index (χ0) is 22.2. The SMILES string of the molecule is C=C1[C@@H](n2cnc3c(=O)[nH]c(N)nc32)C[C@H](O)[C@@]1(C#N)CO[P+](=O)Oc1ccccc1. The van der Waals surface area contributed by atoms with Gasteiger partial charge in [0.2, 0.25) is 5.95 Å². The van der Waals surface area contributed by atoms with Crippen molar-refractivity contribution in [3.05, 3.63) is 59.2 Å². The number of rotatable bonds is 6. The Kier molecular flexibility index (Phi) is 5.29. The van der Waals surface area contributed by atoms with Crippen LogP contribution in [0.15, 0.2) is 53.6 Å². The second-order valence-corrected chi connectivity index (χ2v) is 7.94. The van der Waals surface area contributed by atoms with Crippen molar-refractivity contribution < 1.29 is 18.7 Å². The van der Waals surface area contributed by atoms with Crippen LogP contribution in [0.25, 0.3) is 11.2 Å². The largest absolute Gasteiger partial charge is 0.750 e. The molecule has 3 aromatic rings. The van der Waals surface area contributed by atoms with Gasteiger partial charge in [-0.1, -0.05) is 24.8 Å². The average Bonchev–Trinajstić information content (AvgIpc) is 3.26. The number of imidazole rings is 1. The van der Waals surface area contributed by atoms with Gasteiger partial charge in [-0.25, -0.2) is 9.51 Å². The molecule has 158 valence electrons. The monoisotopic (exact) mass is 441 g/mol. The van der Waals surface area contributed by atoms with Crippen LogP contribution in [0.3, 0.4) is 0 Å². The molecule has 4 atom stereocenters. The number of aromatic amines is 1. The third-order valence-corrected chi connectivity index (χ3v) is 6.00. The Labute approximate surface area is 176 Å². The molecule has 12 heteroatoms. The van der Waals surface area contributed by atoms with E-state index in [1.165, 1.54) is 10.9 Å². The van der Waals surface area contributed by atoms with E-state index in [2.05, 4.69) is 27.6 Å². The first-order valence-electron chi connectivity index (χ1n) is 9.20. The fourth-order valence-corrected chi connectivity index (χ4v) is 4.29. The summed E-state index contributed by atoms with van der Waals surface area (Å²) < 4.78 is 24.2. The van der Waals surface area contributed by atoms with E-state index in [-0.39, 0.29) is 23.5 Å². The highest BCUT2D eigenvalue weighted by Crippen LogP contribution is 2.50. The van der Waals surface area contributed by atoms with Crippen molar-refractivity contribution in [3.8, 4) is 11.8 Å². The molecule has 1 unspecified atom stereocenters. The molecule has 2 heterocycles. The summed E-state index contributed by atoms with van der Waals surface area (Å²) in [6.45, 7) is 3.59. The molecule has 1 fully saturated rings. The van der Waals surface area contributed by atoms with E-state index < -0.39 is 38.0 Å². The van der Waals surface area contributed by atoms with Gasteiger partial charge in [-0.3, -0.25) is 9.78 Å². The van der Waals surface area contributed by atoms with Crippen LogP contribution in [0.4, 0.5) is 5.95 Å². The van der Waals surface area contributed by atoms with Crippen LogP contribution in [0.5, 0.6) is 5.75 Å². The topological polar surface area (TPSA) is 169 Å². The number of hydrogen-bond donors (Lipinski definition) is 3. The lowest BCUT2D eigenvalue weighted by molar-refractivity contribution is 0.0694. The molecule has 31 heavy (non-hydrogen) atoms. The van der Waals surface area contributed by atoms with Crippen molar-refractivity contribution in [3.63, 3.8) is 0 Å². The lowest BCUT2D eigenvalue weighted by atomic mass is 9.83. The highest BCUT2D eigenvalue weighted by molar-refractivity contribution is 7.33. The number of anilines is 1. The highest BCUT2D eigenvalue weighted by atomic mass is 31.1. The number of fused-ring (bicyclic) bond motifs is 1. The van der Waals surface area contributed by atoms with Crippen molar-refractivity contribution in [2.45, 2.75) is 18.6 Å². The van der Waals surface area contributed by atoms with Gasteiger partial charge in [0.15, 0.2) is 16.9 Å². The first kappa shape index (κ1) is 20.7. The van der Waals surface area contributed by atoms with E-state index in [0.29, 0.717) is 11.3 Å². The molecule has 4 rings (SSSR count). The maximum atomic E-state index is 12.2. The summed E-state index contributed by atoms with van der Waals surface area (Å²) in [6, 6.07) is 9.87. The van der Waals surface area contributed by atoms with Crippen LogP contribution in [-0.4, -0.2) is 37.3 Å². The maximum absolute atomic E-state index is 12.2. The number of nitrogen functional groups attached to an aromatic ring is 1. The van der Waals surface area contributed by atoms with Gasteiger partial charge in [-0.05, 0) is 24.1 Å². The number of aliphatic hydroxyl groups is 1. The molecular weight excluding hydrogens is 423 g/mol. The van der Waals surface area contributed by atoms with E-state index in [1.54, 1.807) is 30.3 Å². The molecule has 0 spiro atoms.